The lowest BCUT2D eigenvalue weighted by atomic mass is 10.2. The Balaban J connectivity index is 2.68. The molecule has 4 nitrogen and oxygen atoms in total. The summed E-state index contributed by atoms with van der Waals surface area (Å²) < 4.78 is 0. The van der Waals surface area contributed by atoms with Crippen LogP contribution >= 0.6 is 0 Å². The highest BCUT2D eigenvalue weighted by Crippen LogP contribution is 2.13. The Hall–Kier alpha value is -1.32. The van der Waals surface area contributed by atoms with Gasteiger partial charge in [0, 0.05) is 13.1 Å². The second-order valence-corrected chi connectivity index (χ2v) is 3.26. The van der Waals surface area contributed by atoms with Crippen molar-refractivity contribution in [1.29, 1.82) is 0 Å². The molecular weight excluding hydrogens is 180 g/mol. The highest BCUT2D eigenvalue weighted by Gasteiger charge is 2.19. The van der Waals surface area contributed by atoms with Crippen LogP contribution in [0.1, 0.15) is 26.7 Å². The third-order valence-corrected chi connectivity index (χ3v) is 2.01. The van der Waals surface area contributed by atoms with E-state index in [9.17, 15) is 9.59 Å². The Morgan fingerprint density at radius 1 is 0.857 bits per heavy atom. The van der Waals surface area contributed by atoms with Gasteiger partial charge >= 0.3 is 0 Å². The molecule has 2 N–H and O–H groups in total. The second kappa shape index (κ2) is 4.79. The average molecular weight is 196 g/mol. The topological polar surface area (TPSA) is 58.2 Å². The number of rotatable bonds is 6. The van der Waals surface area contributed by atoms with Crippen LogP contribution in [-0.2, 0) is 0 Å². The van der Waals surface area contributed by atoms with Crippen LogP contribution in [0, 0.1) is 0 Å². The molecule has 0 atom stereocenters. The SMILES string of the molecule is CCCNc1c(NCCC)c(=O)c1=O. The van der Waals surface area contributed by atoms with Crippen molar-refractivity contribution < 1.29 is 0 Å². The van der Waals surface area contributed by atoms with Crippen molar-refractivity contribution in [1.82, 2.24) is 0 Å². The van der Waals surface area contributed by atoms with E-state index in [4.69, 9.17) is 0 Å². The van der Waals surface area contributed by atoms with Crippen molar-refractivity contribution in [2.75, 3.05) is 23.7 Å². The molecule has 1 aromatic carbocycles. The largest absolute Gasteiger partial charge is 0.380 e. The summed E-state index contributed by atoms with van der Waals surface area (Å²) in [6.45, 7) is 5.48. The van der Waals surface area contributed by atoms with Crippen molar-refractivity contribution in [2.24, 2.45) is 0 Å². The van der Waals surface area contributed by atoms with Crippen LogP contribution in [-0.4, -0.2) is 13.1 Å². The molecule has 1 aromatic rings. The minimum Gasteiger partial charge on any atom is -0.380 e. The fourth-order valence-electron chi connectivity index (χ4n) is 1.23. The molecule has 0 bridgehead atoms. The second-order valence-electron chi connectivity index (χ2n) is 3.26. The van der Waals surface area contributed by atoms with Gasteiger partial charge in [0.25, 0.3) is 10.9 Å². The fraction of sp³-hybridized carbons (Fsp3) is 0.600. The van der Waals surface area contributed by atoms with Crippen LogP contribution in [0.3, 0.4) is 0 Å². The summed E-state index contributed by atoms with van der Waals surface area (Å²) in [6.07, 6.45) is 1.87. The Kier molecular flexibility index (Phi) is 3.68. The van der Waals surface area contributed by atoms with E-state index in [0.29, 0.717) is 11.4 Å². The fourth-order valence-corrected chi connectivity index (χ4v) is 1.23. The molecule has 0 saturated carbocycles. The van der Waals surface area contributed by atoms with Gasteiger partial charge in [0.1, 0.15) is 11.4 Å². The van der Waals surface area contributed by atoms with E-state index < -0.39 is 10.9 Å². The molecule has 0 aliphatic heterocycles. The highest BCUT2D eigenvalue weighted by atomic mass is 16.2. The molecule has 0 spiro atoms. The molecule has 14 heavy (non-hydrogen) atoms. The third-order valence-electron chi connectivity index (χ3n) is 2.01. The van der Waals surface area contributed by atoms with Crippen LogP contribution < -0.4 is 21.5 Å². The van der Waals surface area contributed by atoms with E-state index in [0.717, 1.165) is 25.9 Å². The van der Waals surface area contributed by atoms with E-state index in [1.165, 1.54) is 0 Å². The van der Waals surface area contributed by atoms with Crippen molar-refractivity contribution in [3.8, 4) is 0 Å². The van der Waals surface area contributed by atoms with E-state index >= 15 is 0 Å². The number of hydrogen-bond donors (Lipinski definition) is 2. The summed E-state index contributed by atoms with van der Waals surface area (Å²) >= 11 is 0. The number of hydrogen-bond acceptors (Lipinski definition) is 4. The minimum absolute atomic E-state index is 0.392. The first kappa shape index (κ1) is 10.8. The molecule has 0 fully saturated rings. The first-order valence-electron chi connectivity index (χ1n) is 5.03. The zero-order valence-corrected chi connectivity index (χ0v) is 8.64. The lowest BCUT2D eigenvalue weighted by molar-refractivity contribution is 0.957. The number of anilines is 2. The van der Waals surface area contributed by atoms with Gasteiger partial charge in [-0.25, -0.2) is 0 Å². The van der Waals surface area contributed by atoms with E-state index in [1.54, 1.807) is 0 Å². The van der Waals surface area contributed by atoms with Gasteiger partial charge in [-0.3, -0.25) is 9.59 Å². The Morgan fingerprint density at radius 3 is 1.50 bits per heavy atom. The summed E-state index contributed by atoms with van der Waals surface area (Å²) in [4.78, 5) is 22.3. The standard InChI is InChI=1S/C10H16N2O2/c1-3-5-11-7-8(12-6-4-2)10(14)9(7)13/h11-12H,3-6H2,1-2H3. The summed E-state index contributed by atoms with van der Waals surface area (Å²) in [6, 6.07) is 0. The summed E-state index contributed by atoms with van der Waals surface area (Å²) in [7, 11) is 0. The molecule has 0 radical (unpaired) electrons. The molecule has 0 amide bonds. The van der Waals surface area contributed by atoms with Crippen LogP contribution in [0.15, 0.2) is 9.59 Å². The quantitative estimate of drug-likeness (QED) is 0.664. The maximum atomic E-state index is 11.1. The molecule has 0 aliphatic carbocycles. The molecule has 0 heterocycles. The molecule has 4 heteroatoms. The molecule has 0 unspecified atom stereocenters. The smallest absolute Gasteiger partial charge is 0.253 e. The molecule has 1 rings (SSSR count). The summed E-state index contributed by atoms with van der Waals surface area (Å²) in [5.74, 6) is 0. The van der Waals surface area contributed by atoms with Gasteiger partial charge in [-0.1, -0.05) is 13.8 Å². The first-order chi connectivity index (χ1) is 6.72. The first-order valence-corrected chi connectivity index (χ1v) is 5.03. The minimum atomic E-state index is -0.392. The summed E-state index contributed by atoms with van der Waals surface area (Å²) in [5, 5.41) is 5.91. The van der Waals surface area contributed by atoms with E-state index in [1.807, 2.05) is 13.8 Å². The van der Waals surface area contributed by atoms with Gasteiger partial charge < -0.3 is 10.6 Å². The van der Waals surface area contributed by atoms with Crippen molar-refractivity contribution >= 4 is 11.4 Å². The maximum Gasteiger partial charge on any atom is 0.253 e. The molecular formula is C10H16N2O2. The van der Waals surface area contributed by atoms with Gasteiger partial charge in [0.2, 0.25) is 0 Å². The third kappa shape index (κ3) is 1.95. The zero-order chi connectivity index (χ0) is 10.6. The summed E-state index contributed by atoms with van der Waals surface area (Å²) in [5.41, 5.74) is 0.143. The predicted molar refractivity (Wildman–Crippen MR) is 58.9 cm³/mol. The van der Waals surface area contributed by atoms with Gasteiger partial charge in [0.05, 0.1) is 0 Å². The molecule has 0 saturated heterocycles. The molecule has 0 aliphatic rings. The molecule has 0 aromatic heterocycles. The van der Waals surface area contributed by atoms with Crippen LogP contribution in [0.4, 0.5) is 11.4 Å². The Morgan fingerprint density at radius 2 is 1.21 bits per heavy atom. The normalized spacial score (nSPS) is 10.4. The Labute approximate surface area is 83.0 Å². The average Bonchev–Trinajstić information content (AvgIpc) is 2.21. The van der Waals surface area contributed by atoms with Crippen LogP contribution in [0.25, 0.3) is 0 Å². The van der Waals surface area contributed by atoms with Gasteiger partial charge in [-0.15, -0.1) is 0 Å². The van der Waals surface area contributed by atoms with E-state index in [2.05, 4.69) is 10.6 Å². The number of nitrogens with one attached hydrogen (secondary N) is 2. The van der Waals surface area contributed by atoms with Crippen molar-refractivity contribution in [2.45, 2.75) is 26.7 Å². The van der Waals surface area contributed by atoms with Crippen LogP contribution in [0.2, 0.25) is 0 Å². The zero-order valence-electron chi connectivity index (χ0n) is 8.64. The van der Waals surface area contributed by atoms with Crippen molar-refractivity contribution in [3.05, 3.63) is 20.4 Å². The predicted octanol–water partition coefficient (Wildman–Crippen LogP) is 0.926. The van der Waals surface area contributed by atoms with E-state index in [-0.39, 0.29) is 0 Å². The molecule has 78 valence electrons. The monoisotopic (exact) mass is 196 g/mol. The van der Waals surface area contributed by atoms with Gasteiger partial charge in [0.15, 0.2) is 0 Å². The maximum absolute atomic E-state index is 11.1. The highest BCUT2D eigenvalue weighted by molar-refractivity contribution is 5.73. The van der Waals surface area contributed by atoms with Crippen LogP contribution in [0.5, 0.6) is 0 Å². The Bertz CT molecular complexity index is 328. The van der Waals surface area contributed by atoms with Crippen molar-refractivity contribution in [3.63, 3.8) is 0 Å². The lowest BCUT2D eigenvalue weighted by Crippen LogP contribution is -2.37. The lowest BCUT2D eigenvalue weighted by Gasteiger charge is -2.13. The van der Waals surface area contributed by atoms with Gasteiger partial charge in [-0.05, 0) is 12.8 Å². The van der Waals surface area contributed by atoms with Gasteiger partial charge in [-0.2, -0.15) is 0 Å².